The molecular formula is C21H21ClFN3OS. The highest BCUT2D eigenvalue weighted by Gasteiger charge is 2.33. The molecule has 0 fully saturated rings. The van der Waals surface area contributed by atoms with E-state index in [-0.39, 0.29) is 22.4 Å². The molecule has 3 N–H and O–H groups in total. The normalized spacial score (nSPS) is 16.6. The number of amides is 1. The summed E-state index contributed by atoms with van der Waals surface area (Å²) >= 11 is 11.5. The van der Waals surface area contributed by atoms with E-state index >= 15 is 0 Å². The number of carbonyl (C=O) groups excluding carboxylic acids is 1. The minimum atomic E-state index is -0.798. The van der Waals surface area contributed by atoms with Gasteiger partial charge >= 0.3 is 0 Å². The van der Waals surface area contributed by atoms with Crippen LogP contribution < -0.4 is 16.0 Å². The van der Waals surface area contributed by atoms with Gasteiger partial charge in [0.25, 0.3) is 5.91 Å². The van der Waals surface area contributed by atoms with E-state index < -0.39 is 11.9 Å². The van der Waals surface area contributed by atoms with Gasteiger partial charge in [0.1, 0.15) is 5.82 Å². The molecule has 0 spiro atoms. The average Bonchev–Trinajstić information content (AvgIpc) is 2.61. The number of hydrogen-bond acceptors (Lipinski definition) is 2. The van der Waals surface area contributed by atoms with E-state index in [1.807, 2.05) is 24.3 Å². The Hall–Kier alpha value is -2.44. The van der Waals surface area contributed by atoms with Crippen molar-refractivity contribution in [3.05, 3.63) is 75.7 Å². The minimum absolute atomic E-state index is 0.190. The second-order valence-corrected chi connectivity index (χ2v) is 7.72. The van der Waals surface area contributed by atoms with Crippen molar-refractivity contribution in [1.29, 1.82) is 0 Å². The van der Waals surface area contributed by atoms with Gasteiger partial charge in [-0.15, -0.1) is 0 Å². The lowest BCUT2D eigenvalue weighted by Gasteiger charge is -2.31. The predicted molar refractivity (Wildman–Crippen MR) is 115 cm³/mol. The highest BCUT2D eigenvalue weighted by molar-refractivity contribution is 7.80. The summed E-state index contributed by atoms with van der Waals surface area (Å²) in [6, 6.07) is 11.2. The number of rotatable bonds is 4. The van der Waals surface area contributed by atoms with Crippen molar-refractivity contribution < 1.29 is 9.18 Å². The van der Waals surface area contributed by atoms with Gasteiger partial charge in [0, 0.05) is 22.0 Å². The zero-order chi connectivity index (χ0) is 20.4. The fourth-order valence-electron chi connectivity index (χ4n) is 3.30. The third-order valence-electron chi connectivity index (χ3n) is 4.63. The first-order chi connectivity index (χ1) is 13.3. The molecule has 1 atom stereocenters. The number of halogens is 2. The van der Waals surface area contributed by atoms with Crippen LogP contribution in [-0.2, 0) is 4.79 Å². The first kappa shape index (κ1) is 20.3. The zero-order valence-corrected chi connectivity index (χ0v) is 17.3. The fraction of sp³-hybridized carbons (Fsp3) is 0.238. The van der Waals surface area contributed by atoms with Crippen LogP contribution in [0.4, 0.5) is 10.1 Å². The predicted octanol–water partition coefficient (Wildman–Crippen LogP) is 5.03. The number of allylic oxidation sites excluding steroid dienone is 1. The first-order valence-corrected chi connectivity index (χ1v) is 9.70. The molecule has 4 nitrogen and oxygen atoms in total. The van der Waals surface area contributed by atoms with Crippen molar-refractivity contribution in [2.24, 2.45) is 0 Å². The molecule has 3 rings (SSSR count). The number of carbonyl (C=O) groups is 1. The Labute approximate surface area is 174 Å². The molecular weight excluding hydrogens is 397 g/mol. The summed E-state index contributed by atoms with van der Waals surface area (Å²) < 4.78 is 14.6. The van der Waals surface area contributed by atoms with Gasteiger partial charge in [-0.1, -0.05) is 49.7 Å². The van der Waals surface area contributed by atoms with Crippen LogP contribution in [-0.4, -0.2) is 11.0 Å². The highest BCUT2D eigenvalue weighted by Crippen LogP contribution is 2.34. The van der Waals surface area contributed by atoms with E-state index in [0.29, 0.717) is 22.1 Å². The SMILES string of the molecule is CC1=C(C(=O)Nc2ccccc2C(C)C)[C@@H](c2c(F)cccc2Cl)NC(=S)N1. The summed E-state index contributed by atoms with van der Waals surface area (Å²) in [6.45, 7) is 5.84. The van der Waals surface area contributed by atoms with Crippen LogP contribution in [0.25, 0.3) is 0 Å². The molecule has 1 amide bonds. The second kappa shape index (κ2) is 8.29. The van der Waals surface area contributed by atoms with Crippen LogP contribution in [0, 0.1) is 5.82 Å². The van der Waals surface area contributed by atoms with Crippen LogP contribution in [0.1, 0.15) is 43.9 Å². The summed E-state index contributed by atoms with van der Waals surface area (Å²) in [4.78, 5) is 13.2. The maximum atomic E-state index is 14.6. The van der Waals surface area contributed by atoms with Crippen molar-refractivity contribution in [3.8, 4) is 0 Å². The molecule has 0 unspecified atom stereocenters. The van der Waals surface area contributed by atoms with E-state index in [2.05, 4.69) is 29.8 Å². The summed E-state index contributed by atoms with van der Waals surface area (Å²) in [6.07, 6.45) is 0. The van der Waals surface area contributed by atoms with Crippen molar-refractivity contribution in [2.45, 2.75) is 32.7 Å². The molecule has 0 saturated carbocycles. The molecule has 0 aromatic heterocycles. The van der Waals surface area contributed by atoms with E-state index in [1.54, 1.807) is 13.0 Å². The van der Waals surface area contributed by atoms with Gasteiger partial charge < -0.3 is 16.0 Å². The number of hydrogen-bond donors (Lipinski definition) is 3. The van der Waals surface area contributed by atoms with Crippen molar-refractivity contribution in [1.82, 2.24) is 10.6 Å². The van der Waals surface area contributed by atoms with Crippen molar-refractivity contribution in [3.63, 3.8) is 0 Å². The van der Waals surface area contributed by atoms with Gasteiger partial charge in [-0.05, 0) is 48.8 Å². The quantitative estimate of drug-likeness (QED) is 0.610. The Balaban J connectivity index is 2.03. The third kappa shape index (κ3) is 4.03. The zero-order valence-electron chi connectivity index (χ0n) is 15.8. The second-order valence-electron chi connectivity index (χ2n) is 6.90. The van der Waals surface area contributed by atoms with Gasteiger partial charge in [-0.2, -0.15) is 0 Å². The monoisotopic (exact) mass is 417 g/mol. The molecule has 1 heterocycles. The Bertz CT molecular complexity index is 954. The number of para-hydroxylation sites is 1. The lowest BCUT2D eigenvalue weighted by Crippen LogP contribution is -2.46. The Morgan fingerprint density at radius 3 is 2.61 bits per heavy atom. The van der Waals surface area contributed by atoms with Gasteiger partial charge in [-0.3, -0.25) is 4.79 Å². The fourth-order valence-corrected chi connectivity index (χ4v) is 3.84. The Morgan fingerprint density at radius 2 is 1.93 bits per heavy atom. The molecule has 7 heteroatoms. The number of anilines is 1. The molecule has 1 aliphatic rings. The lowest BCUT2D eigenvalue weighted by molar-refractivity contribution is -0.113. The van der Waals surface area contributed by atoms with E-state index in [0.717, 1.165) is 5.56 Å². The molecule has 0 radical (unpaired) electrons. The lowest BCUT2D eigenvalue weighted by atomic mass is 9.94. The number of thiocarbonyl (C=S) groups is 1. The van der Waals surface area contributed by atoms with Crippen LogP contribution in [0.2, 0.25) is 5.02 Å². The van der Waals surface area contributed by atoms with Crippen LogP contribution in [0.5, 0.6) is 0 Å². The molecule has 2 aromatic rings. The summed E-state index contributed by atoms with van der Waals surface area (Å²) in [5, 5.41) is 9.41. The van der Waals surface area contributed by atoms with Crippen molar-refractivity contribution in [2.75, 3.05) is 5.32 Å². The van der Waals surface area contributed by atoms with E-state index in [9.17, 15) is 9.18 Å². The van der Waals surface area contributed by atoms with Gasteiger partial charge in [-0.25, -0.2) is 4.39 Å². The Kier molecular flexibility index (Phi) is 6.01. The largest absolute Gasteiger partial charge is 0.351 e. The number of benzene rings is 2. The molecule has 0 aliphatic carbocycles. The highest BCUT2D eigenvalue weighted by atomic mass is 35.5. The molecule has 2 aromatic carbocycles. The standard InChI is InChI=1S/C21H21ClFN3OS/c1-11(2)13-7-4-5-10-16(13)25-20(27)17-12(3)24-21(28)26-19(17)18-14(22)8-6-9-15(18)23/h4-11,19H,1-3H3,(H,25,27)(H2,24,26,28)/t19-/m0/s1. The topological polar surface area (TPSA) is 53.2 Å². The maximum Gasteiger partial charge on any atom is 0.255 e. The first-order valence-electron chi connectivity index (χ1n) is 8.92. The van der Waals surface area contributed by atoms with Crippen LogP contribution >= 0.6 is 23.8 Å². The maximum absolute atomic E-state index is 14.6. The molecule has 146 valence electrons. The van der Waals surface area contributed by atoms with Crippen molar-refractivity contribution >= 4 is 40.5 Å². The van der Waals surface area contributed by atoms with Crippen LogP contribution in [0.3, 0.4) is 0 Å². The number of nitrogens with one attached hydrogen (secondary N) is 3. The van der Waals surface area contributed by atoms with E-state index in [4.69, 9.17) is 23.8 Å². The average molecular weight is 418 g/mol. The third-order valence-corrected chi connectivity index (χ3v) is 5.18. The summed E-state index contributed by atoms with van der Waals surface area (Å²) in [7, 11) is 0. The summed E-state index contributed by atoms with van der Waals surface area (Å²) in [5.74, 6) is -0.619. The smallest absolute Gasteiger partial charge is 0.255 e. The molecule has 0 bridgehead atoms. The van der Waals surface area contributed by atoms with Gasteiger partial charge in [0.2, 0.25) is 0 Å². The minimum Gasteiger partial charge on any atom is -0.351 e. The van der Waals surface area contributed by atoms with Gasteiger partial charge in [0.15, 0.2) is 5.11 Å². The summed E-state index contributed by atoms with van der Waals surface area (Å²) in [5.41, 5.74) is 2.80. The van der Waals surface area contributed by atoms with E-state index in [1.165, 1.54) is 12.1 Å². The molecule has 28 heavy (non-hydrogen) atoms. The molecule has 0 saturated heterocycles. The van der Waals surface area contributed by atoms with Crippen LogP contribution in [0.15, 0.2) is 53.7 Å². The molecule has 1 aliphatic heterocycles. The van der Waals surface area contributed by atoms with Gasteiger partial charge in [0.05, 0.1) is 11.6 Å². The Morgan fingerprint density at radius 1 is 1.21 bits per heavy atom.